The molecule has 0 spiro atoms. The standard InChI is InChI=1S/C15H15N3O3S/c19-15-10(1-2-12-13(15)17-9-22-12)14(11-7-21-8-16-11)18-3-5-20-6-4-18/h1-2,7-9,14,19H,3-6H2. The fourth-order valence-electron chi connectivity index (χ4n) is 2.89. The number of fused-ring (bicyclic) bond motifs is 1. The molecule has 0 bridgehead atoms. The normalized spacial score (nSPS) is 17.8. The molecule has 1 aliphatic heterocycles. The second-order valence-corrected chi connectivity index (χ2v) is 6.05. The first kappa shape index (κ1) is 13.7. The van der Waals surface area contributed by atoms with Gasteiger partial charge < -0.3 is 14.3 Å². The van der Waals surface area contributed by atoms with Gasteiger partial charge >= 0.3 is 0 Å². The van der Waals surface area contributed by atoms with Gasteiger partial charge in [0.15, 0.2) is 6.39 Å². The maximum Gasteiger partial charge on any atom is 0.180 e. The number of benzene rings is 1. The summed E-state index contributed by atoms with van der Waals surface area (Å²) in [5, 5.41) is 10.7. The Labute approximate surface area is 131 Å². The number of ether oxygens (including phenoxy) is 1. The van der Waals surface area contributed by atoms with E-state index in [-0.39, 0.29) is 11.8 Å². The Morgan fingerprint density at radius 2 is 2.09 bits per heavy atom. The van der Waals surface area contributed by atoms with E-state index < -0.39 is 0 Å². The smallest absolute Gasteiger partial charge is 0.180 e. The van der Waals surface area contributed by atoms with Crippen LogP contribution in [0.1, 0.15) is 17.3 Å². The minimum absolute atomic E-state index is 0.159. The van der Waals surface area contributed by atoms with Crippen LogP contribution < -0.4 is 0 Å². The zero-order valence-electron chi connectivity index (χ0n) is 11.8. The van der Waals surface area contributed by atoms with Crippen molar-refractivity contribution in [1.82, 2.24) is 14.9 Å². The summed E-state index contributed by atoms with van der Waals surface area (Å²) in [5.41, 5.74) is 3.97. The predicted octanol–water partition coefficient (Wildman–Crippen LogP) is 2.41. The Kier molecular flexibility index (Phi) is 3.53. The van der Waals surface area contributed by atoms with Crippen LogP contribution in [0.5, 0.6) is 5.75 Å². The number of thiazole rings is 1. The average molecular weight is 317 g/mol. The van der Waals surface area contributed by atoms with Crippen molar-refractivity contribution in [2.24, 2.45) is 0 Å². The number of rotatable bonds is 3. The van der Waals surface area contributed by atoms with Gasteiger partial charge in [-0.1, -0.05) is 6.07 Å². The molecule has 22 heavy (non-hydrogen) atoms. The third-order valence-corrected chi connectivity index (χ3v) is 4.74. The first-order valence-corrected chi connectivity index (χ1v) is 7.97. The molecule has 1 aromatic carbocycles. The summed E-state index contributed by atoms with van der Waals surface area (Å²) in [6.45, 7) is 2.92. The molecule has 7 heteroatoms. The number of aromatic hydroxyl groups is 1. The highest BCUT2D eigenvalue weighted by molar-refractivity contribution is 7.16. The van der Waals surface area contributed by atoms with Crippen molar-refractivity contribution in [2.75, 3.05) is 26.3 Å². The number of phenols is 1. The Hall–Kier alpha value is -1.96. The number of morpholine rings is 1. The van der Waals surface area contributed by atoms with Gasteiger partial charge in [-0.05, 0) is 6.07 Å². The first-order valence-electron chi connectivity index (χ1n) is 7.09. The number of hydrogen-bond donors (Lipinski definition) is 1. The third-order valence-electron chi connectivity index (χ3n) is 3.94. The SMILES string of the molecule is Oc1c(C(c2cocn2)N2CCOCC2)ccc2scnc12. The van der Waals surface area contributed by atoms with Gasteiger partial charge in [-0.15, -0.1) is 11.3 Å². The van der Waals surface area contributed by atoms with E-state index in [1.54, 1.807) is 11.8 Å². The van der Waals surface area contributed by atoms with Crippen molar-refractivity contribution in [1.29, 1.82) is 0 Å². The zero-order chi connectivity index (χ0) is 14.9. The number of aromatic nitrogens is 2. The van der Waals surface area contributed by atoms with E-state index >= 15 is 0 Å². The molecular formula is C15H15N3O3S. The van der Waals surface area contributed by atoms with Gasteiger partial charge in [-0.2, -0.15) is 0 Å². The molecule has 3 heterocycles. The van der Waals surface area contributed by atoms with Crippen LogP contribution in [-0.4, -0.2) is 46.3 Å². The minimum atomic E-state index is -0.159. The molecule has 1 unspecified atom stereocenters. The largest absolute Gasteiger partial charge is 0.505 e. The lowest BCUT2D eigenvalue weighted by atomic mass is 10.0. The van der Waals surface area contributed by atoms with E-state index in [1.807, 2.05) is 12.1 Å². The summed E-state index contributed by atoms with van der Waals surface area (Å²) < 4.78 is 11.6. The molecule has 1 fully saturated rings. The lowest BCUT2D eigenvalue weighted by molar-refractivity contribution is 0.0228. The second-order valence-electron chi connectivity index (χ2n) is 5.17. The van der Waals surface area contributed by atoms with Crippen LogP contribution >= 0.6 is 11.3 Å². The second kappa shape index (κ2) is 5.68. The van der Waals surface area contributed by atoms with Crippen LogP contribution in [0, 0.1) is 0 Å². The summed E-state index contributed by atoms with van der Waals surface area (Å²) >= 11 is 1.52. The van der Waals surface area contributed by atoms with Crippen molar-refractivity contribution < 1.29 is 14.3 Å². The summed E-state index contributed by atoms with van der Waals surface area (Å²) in [6.07, 6.45) is 3.05. The molecule has 0 saturated carbocycles. The predicted molar refractivity (Wildman–Crippen MR) is 82.0 cm³/mol. The van der Waals surface area contributed by atoms with Crippen molar-refractivity contribution in [2.45, 2.75) is 6.04 Å². The highest BCUT2D eigenvalue weighted by Crippen LogP contribution is 2.38. The topological polar surface area (TPSA) is 71.6 Å². The molecule has 114 valence electrons. The van der Waals surface area contributed by atoms with E-state index in [2.05, 4.69) is 14.9 Å². The molecule has 0 radical (unpaired) electrons. The molecule has 3 aromatic rings. The number of nitrogens with zero attached hydrogens (tertiary/aromatic N) is 3. The molecule has 1 aliphatic rings. The highest BCUT2D eigenvalue weighted by Gasteiger charge is 2.29. The number of hydrogen-bond acceptors (Lipinski definition) is 7. The summed E-state index contributed by atoms with van der Waals surface area (Å²) in [4.78, 5) is 10.8. The molecule has 6 nitrogen and oxygen atoms in total. The van der Waals surface area contributed by atoms with Gasteiger partial charge in [-0.3, -0.25) is 4.90 Å². The maximum atomic E-state index is 10.7. The molecule has 0 aliphatic carbocycles. The van der Waals surface area contributed by atoms with E-state index in [0.717, 1.165) is 29.0 Å². The van der Waals surface area contributed by atoms with Crippen LogP contribution in [0.2, 0.25) is 0 Å². The fourth-order valence-corrected chi connectivity index (χ4v) is 3.57. The quantitative estimate of drug-likeness (QED) is 0.800. The molecule has 1 N–H and O–H groups in total. The molecule has 2 aromatic heterocycles. The van der Waals surface area contributed by atoms with Crippen LogP contribution in [0.25, 0.3) is 10.2 Å². The van der Waals surface area contributed by atoms with Crippen LogP contribution in [0.4, 0.5) is 0 Å². The third kappa shape index (κ3) is 2.27. The van der Waals surface area contributed by atoms with Gasteiger partial charge in [0.05, 0.1) is 29.5 Å². The van der Waals surface area contributed by atoms with Crippen LogP contribution in [-0.2, 0) is 4.74 Å². The lowest BCUT2D eigenvalue weighted by Crippen LogP contribution is -2.39. The van der Waals surface area contributed by atoms with Crippen molar-refractivity contribution in [3.63, 3.8) is 0 Å². The van der Waals surface area contributed by atoms with Gasteiger partial charge in [0.1, 0.15) is 23.2 Å². The Balaban J connectivity index is 1.83. The maximum absolute atomic E-state index is 10.7. The molecule has 1 atom stereocenters. The minimum Gasteiger partial charge on any atom is -0.505 e. The average Bonchev–Trinajstić information content (AvgIpc) is 3.23. The van der Waals surface area contributed by atoms with E-state index in [9.17, 15) is 5.11 Å². The van der Waals surface area contributed by atoms with E-state index in [0.29, 0.717) is 18.7 Å². The van der Waals surface area contributed by atoms with Crippen LogP contribution in [0.3, 0.4) is 0 Å². The van der Waals surface area contributed by atoms with Crippen LogP contribution in [0.15, 0.2) is 34.7 Å². The van der Waals surface area contributed by atoms with E-state index in [4.69, 9.17) is 9.15 Å². The van der Waals surface area contributed by atoms with Crippen molar-refractivity contribution in [3.8, 4) is 5.75 Å². The van der Waals surface area contributed by atoms with Crippen molar-refractivity contribution >= 4 is 21.6 Å². The first-order chi connectivity index (χ1) is 10.8. The van der Waals surface area contributed by atoms with Gasteiger partial charge in [-0.25, -0.2) is 9.97 Å². The number of phenolic OH excluding ortho intramolecular Hbond substituents is 1. The highest BCUT2D eigenvalue weighted by atomic mass is 32.1. The Morgan fingerprint density at radius 1 is 1.23 bits per heavy atom. The van der Waals surface area contributed by atoms with Gasteiger partial charge in [0, 0.05) is 18.7 Å². The molecule has 1 saturated heterocycles. The van der Waals surface area contributed by atoms with E-state index in [1.165, 1.54) is 17.7 Å². The zero-order valence-corrected chi connectivity index (χ0v) is 12.6. The summed E-state index contributed by atoms with van der Waals surface area (Å²) in [6, 6.07) is 3.79. The Bertz CT molecular complexity index is 766. The molecular weight excluding hydrogens is 302 g/mol. The summed E-state index contributed by atoms with van der Waals surface area (Å²) in [7, 11) is 0. The van der Waals surface area contributed by atoms with Crippen molar-refractivity contribution in [3.05, 3.63) is 41.6 Å². The Morgan fingerprint density at radius 3 is 2.86 bits per heavy atom. The number of oxazole rings is 1. The lowest BCUT2D eigenvalue weighted by Gasteiger charge is -2.33. The molecule has 4 rings (SSSR count). The molecule has 0 amide bonds. The van der Waals surface area contributed by atoms with Gasteiger partial charge in [0.2, 0.25) is 0 Å². The summed E-state index contributed by atoms with van der Waals surface area (Å²) in [5.74, 6) is 0.221. The fraction of sp³-hybridized carbons (Fsp3) is 0.333. The van der Waals surface area contributed by atoms with Gasteiger partial charge in [0.25, 0.3) is 0 Å². The monoisotopic (exact) mass is 317 g/mol.